The van der Waals surface area contributed by atoms with Crippen molar-refractivity contribution in [1.82, 2.24) is 4.90 Å². The molecule has 1 aliphatic heterocycles. The third-order valence-corrected chi connectivity index (χ3v) is 4.88. The zero-order chi connectivity index (χ0) is 19.0. The standard InChI is InChI=1S/C20H19N3O4/c1-14-2-7-18-15(12-14)13-19(27-18)20(24)22-10-8-21(9-11-22)16-3-5-17(6-4-16)23(25)26/h2-7,12-13H,8-11H2,1H3. The lowest BCUT2D eigenvalue weighted by molar-refractivity contribution is -0.384. The number of carbonyl (C=O) groups is 1. The van der Waals surface area contributed by atoms with Crippen LogP contribution in [0.15, 0.2) is 52.9 Å². The fourth-order valence-electron chi connectivity index (χ4n) is 3.38. The van der Waals surface area contributed by atoms with Gasteiger partial charge in [-0.1, -0.05) is 11.6 Å². The van der Waals surface area contributed by atoms with Crippen molar-refractivity contribution in [3.63, 3.8) is 0 Å². The molecule has 7 nitrogen and oxygen atoms in total. The topological polar surface area (TPSA) is 79.8 Å². The minimum atomic E-state index is -0.408. The van der Waals surface area contributed by atoms with E-state index < -0.39 is 4.92 Å². The molecule has 1 fully saturated rings. The van der Waals surface area contributed by atoms with E-state index in [-0.39, 0.29) is 11.6 Å². The van der Waals surface area contributed by atoms with E-state index in [9.17, 15) is 14.9 Å². The number of aryl methyl sites for hydroxylation is 1. The van der Waals surface area contributed by atoms with Crippen LogP contribution in [0.5, 0.6) is 0 Å². The summed E-state index contributed by atoms with van der Waals surface area (Å²) in [5.41, 5.74) is 2.84. The largest absolute Gasteiger partial charge is 0.451 e. The lowest BCUT2D eigenvalue weighted by Crippen LogP contribution is -2.48. The predicted octanol–water partition coefficient (Wildman–Crippen LogP) is 3.61. The maximum atomic E-state index is 12.8. The first-order valence-electron chi connectivity index (χ1n) is 8.80. The minimum Gasteiger partial charge on any atom is -0.451 e. The second kappa shape index (κ2) is 6.75. The van der Waals surface area contributed by atoms with Crippen molar-refractivity contribution in [2.45, 2.75) is 6.92 Å². The molecule has 0 N–H and O–H groups in total. The van der Waals surface area contributed by atoms with Gasteiger partial charge in [-0.15, -0.1) is 0 Å². The number of furan rings is 1. The highest BCUT2D eigenvalue weighted by Gasteiger charge is 2.25. The van der Waals surface area contributed by atoms with Gasteiger partial charge < -0.3 is 14.2 Å². The molecule has 0 saturated carbocycles. The van der Waals surface area contributed by atoms with E-state index >= 15 is 0 Å². The molecule has 2 heterocycles. The summed E-state index contributed by atoms with van der Waals surface area (Å²) in [7, 11) is 0. The molecule has 27 heavy (non-hydrogen) atoms. The molecule has 7 heteroatoms. The molecule has 1 aliphatic rings. The van der Waals surface area contributed by atoms with Gasteiger partial charge in [-0.3, -0.25) is 14.9 Å². The molecular weight excluding hydrogens is 346 g/mol. The fourth-order valence-corrected chi connectivity index (χ4v) is 3.38. The van der Waals surface area contributed by atoms with Crippen molar-refractivity contribution in [3.8, 4) is 0 Å². The Morgan fingerprint density at radius 1 is 1.04 bits per heavy atom. The number of non-ortho nitro benzene ring substituents is 1. The zero-order valence-corrected chi connectivity index (χ0v) is 14.9. The Morgan fingerprint density at radius 3 is 2.41 bits per heavy atom. The van der Waals surface area contributed by atoms with E-state index in [0.29, 0.717) is 37.5 Å². The quantitative estimate of drug-likeness (QED) is 0.523. The highest BCUT2D eigenvalue weighted by molar-refractivity contribution is 5.96. The smallest absolute Gasteiger partial charge is 0.289 e. The van der Waals surface area contributed by atoms with Gasteiger partial charge in [0.15, 0.2) is 5.76 Å². The van der Waals surface area contributed by atoms with Crippen LogP contribution in [0.2, 0.25) is 0 Å². The maximum Gasteiger partial charge on any atom is 0.289 e. The van der Waals surface area contributed by atoms with Crippen molar-refractivity contribution in [2.24, 2.45) is 0 Å². The Balaban J connectivity index is 1.43. The first kappa shape index (κ1) is 17.1. The summed E-state index contributed by atoms with van der Waals surface area (Å²) >= 11 is 0. The van der Waals surface area contributed by atoms with Crippen molar-refractivity contribution in [3.05, 3.63) is 70.0 Å². The maximum absolute atomic E-state index is 12.8. The van der Waals surface area contributed by atoms with E-state index in [2.05, 4.69) is 4.90 Å². The Bertz CT molecular complexity index is 1000. The summed E-state index contributed by atoms with van der Waals surface area (Å²) in [6.45, 7) is 4.49. The van der Waals surface area contributed by atoms with Gasteiger partial charge >= 0.3 is 0 Å². The number of rotatable bonds is 3. The number of nitro benzene ring substituents is 1. The Kier molecular flexibility index (Phi) is 4.27. The Hall–Kier alpha value is -3.35. The van der Waals surface area contributed by atoms with Gasteiger partial charge in [0.25, 0.3) is 11.6 Å². The predicted molar refractivity (Wildman–Crippen MR) is 102 cm³/mol. The number of anilines is 1. The van der Waals surface area contributed by atoms with Gasteiger partial charge in [0.2, 0.25) is 0 Å². The van der Waals surface area contributed by atoms with Crippen LogP contribution in [0.25, 0.3) is 11.0 Å². The summed E-state index contributed by atoms with van der Waals surface area (Å²) in [5.74, 6) is 0.256. The van der Waals surface area contributed by atoms with Crippen molar-refractivity contribution in [1.29, 1.82) is 0 Å². The van der Waals surface area contributed by atoms with E-state index in [1.165, 1.54) is 12.1 Å². The normalized spacial score (nSPS) is 14.6. The molecule has 0 bridgehead atoms. The van der Waals surface area contributed by atoms with Gasteiger partial charge in [-0.2, -0.15) is 0 Å². The second-order valence-corrected chi connectivity index (χ2v) is 6.70. The van der Waals surface area contributed by atoms with Crippen LogP contribution >= 0.6 is 0 Å². The molecule has 1 amide bonds. The number of hydrogen-bond acceptors (Lipinski definition) is 5. The molecule has 0 aliphatic carbocycles. The van der Waals surface area contributed by atoms with Crippen molar-refractivity contribution in [2.75, 3.05) is 31.1 Å². The molecule has 0 unspecified atom stereocenters. The van der Waals surface area contributed by atoms with Crippen LogP contribution in [0.1, 0.15) is 16.1 Å². The van der Waals surface area contributed by atoms with Gasteiger partial charge in [0.05, 0.1) is 4.92 Å². The molecule has 1 saturated heterocycles. The average Bonchev–Trinajstić information content (AvgIpc) is 3.11. The van der Waals surface area contributed by atoms with E-state index in [1.807, 2.05) is 25.1 Å². The van der Waals surface area contributed by atoms with Crippen LogP contribution in [0.4, 0.5) is 11.4 Å². The van der Waals surface area contributed by atoms with E-state index in [1.54, 1.807) is 23.1 Å². The number of benzene rings is 2. The number of nitro groups is 1. The van der Waals surface area contributed by atoms with Gasteiger partial charge in [-0.05, 0) is 37.3 Å². The zero-order valence-electron chi connectivity index (χ0n) is 14.9. The van der Waals surface area contributed by atoms with Crippen LogP contribution in [-0.4, -0.2) is 41.9 Å². The number of nitrogens with zero attached hydrogens (tertiary/aromatic N) is 3. The SMILES string of the molecule is Cc1ccc2oc(C(=O)N3CCN(c4ccc([N+](=O)[O-])cc4)CC3)cc2c1. The van der Waals surface area contributed by atoms with Crippen LogP contribution < -0.4 is 4.90 Å². The molecule has 1 aromatic heterocycles. The summed E-state index contributed by atoms with van der Waals surface area (Å²) in [5, 5.41) is 11.7. The van der Waals surface area contributed by atoms with Crippen molar-refractivity contribution < 1.29 is 14.1 Å². The minimum absolute atomic E-state index is 0.0766. The molecule has 138 valence electrons. The highest BCUT2D eigenvalue weighted by atomic mass is 16.6. The lowest BCUT2D eigenvalue weighted by atomic mass is 10.2. The monoisotopic (exact) mass is 365 g/mol. The fraction of sp³-hybridized carbons (Fsp3) is 0.250. The molecular formula is C20H19N3O4. The number of piperazine rings is 1. The first-order valence-corrected chi connectivity index (χ1v) is 8.80. The average molecular weight is 365 g/mol. The molecule has 4 rings (SSSR count). The van der Waals surface area contributed by atoms with Gasteiger partial charge in [0, 0.05) is 49.4 Å². The lowest BCUT2D eigenvalue weighted by Gasteiger charge is -2.35. The van der Waals surface area contributed by atoms with E-state index in [0.717, 1.165) is 16.6 Å². The van der Waals surface area contributed by atoms with Gasteiger partial charge in [-0.25, -0.2) is 0 Å². The summed E-state index contributed by atoms with van der Waals surface area (Å²) < 4.78 is 5.72. The Morgan fingerprint density at radius 2 is 1.74 bits per heavy atom. The number of hydrogen-bond donors (Lipinski definition) is 0. The summed E-state index contributed by atoms with van der Waals surface area (Å²) in [4.78, 5) is 27.0. The molecule has 2 aromatic carbocycles. The number of fused-ring (bicyclic) bond motifs is 1. The summed E-state index contributed by atoms with van der Waals surface area (Å²) in [6, 6.07) is 14.1. The van der Waals surface area contributed by atoms with Crippen LogP contribution in [-0.2, 0) is 0 Å². The Labute approximate surface area is 155 Å². The van der Waals surface area contributed by atoms with E-state index in [4.69, 9.17) is 4.42 Å². The van der Waals surface area contributed by atoms with Crippen molar-refractivity contribution >= 4 is 28.3 Å². The van der Waals surface area contributed by atoms with Crippen LogP contribution in [0.3, 0.4) is 0 Å². The first-order chi connectivity index (χ1) is 13.0. The number of amides is 1. The van der Waals surface area contributed by atoms with Gasteiger partial charge in [0.1, 0.15) is 5.58 Å². The van der Waals surface area contributed by atoms with Crippen LogP contribution in [0, 0.1) is 17.0 Å². The molecule has 0 spiro atoms. The molecule has 3 aromatic rings. The third-order valence-electron chi connectivity index (χ3n) is 4.88. The molecule has 0 atom stereocenters. The second-order valence-electron chi connectivity index (χ2n) is 6.70. The summed E-state index contributed by atoms with van der Waals surface area (Å²) in [6.07, 6.45) is 0. The highest BCUT2D eigenvalue weighted by Crippen LogP contribution is 2.24. The third kappa shape index (κ3) is 3.36. The molecule has 0 radical (unpaired) electrons. The number of carbonyl (C=O) groups excluding carboxylic acids is 1.